The molecule has 0 N–H and O–H groups in total. The van der Waals surface area contributed by atoms with Crippen LogP contribution in [0.25, 0.3) is 11.3 Å². The Bertz CT molecular complexity index is 878. The van der Waals surface area contributed by atoms with Crippen molar-refractivity contribution in [1.29, 1.82) is 0 Å². The van der Waals surface area contributed by atoms with Crippen LogP contribution in [0, 0.1) is 6.92 Å². The second-order valence-electron chi connectivity index (χ2n) is 6.62. The van der Waals surface area contributed by atoms with Gasteiger partial charge in [-0.1, -0.05) is 38.1 Å². The van der Waals surface area contributed by atoms with Gasteiger partial charge < -0.3 is 4.42 Å². The number of carbonyl (C=O) groups is 2. The molecule has 1 aromatic heterocycles. The van der Waals surface area contributed by atoms with E-state index in [1.165, 1.54) is 0 Å². The summed E-state index contributed by atoms with van der Waals surface area (Å²) in [5.41, 5.74) is 4.36. The minimum absolute atomic E-state index is 0.134. The smallest absolute Gasteiger partial charge is 0.237 e. The molecule has 0 fully saturated rings. The Morgan fingerprint density at radius 2 is 1.82 bits per heavy atom. The van der Waals surface area contributed by atoms with Crippen LogP contribution in [0.4, 0.5) is 0 Å². The number of hydrogen-bond donors (Lipinski definition) is 0. The molecule has 2 aliphatic carbocycles. The van der Waals surface area contributed by atoms with Crippen molar-refractivity contribution in [3.05, 3.63) is 58.4 Å². The van der Waals surface area contributed by atoms with Crippen LogP contribution in [0.2, 0.25) is 0 Å². The van der Waals surface area contributed by atoms with Gasteiger partial charge >= 0.3 is 0 Å². The van der Waals surface area contributed by atoms with E-state index in [4.69, 9.17) is 4.42 Å². The Balaban J connectivity index is 2.08. The van der Waals surface area contributed by atoms with Crippen molar-refractivity contribution in [3.8, 4) is 11.3 Å². The Morgan fingerprint density at radius 3 is 2.59 bits per heavy atom. The summed E-state index contributed by atoms with van der Waals surface area (Å²) in [6.07, 6.45) is 6.45. The molecule has 0 atom stereocenters. The topological polar surface area (TPSA) is 47.3 Å². The predicted octanol–water partition coefficient (Wildman–Crippen LogP) is 4.02. The van der Waals surface area contributed by atoms with E-state index < -0.39 is 11.6 Å². The number of furan rings is 1. The molecule has 0 bridgehead atoms. The van der Waals surface area contributed by atoms with Crippen LogP contribution >= 0.6 is 0 Å². The second kappa shape index (κ2) is 4.07. The number of aryl methyl sites for hydroxylation is 1. The summed E-state index contributed by atoms with van der Waals surface area (Å²) < 4.78 is 5.58. The molecular formula is C19H16O3. The summed E-state index contributed by atoms with van der Waals surface area (Å²) in [4.78, 5) is 25.2. The molecule has 2 aromatic rings. The molecule has 22 heavy (non-hydrogen) atoms. The van der Waals surface area contributed by atoms with Gasteiger partial charge in [0.05, 0.1) is 11.8 Å². The molecule has 0 saturated carbocycles. The lowest BCUT2D eigenvalue weighted by molar-refractivity contribution is 0.0813. The molecule has 110 valence electrons. The minimum Gasteiger partial charge on any atom is -0.463 e. The first kappa shape index (κ1) is 13.3. The number of hydrogen-bond acceptors (Lipinski definition) is 3. The molecule has 0 aliphatic heterocycles. The fourth-order valence-corrected chi connectivity index (χ4v) is 3.62. The highest BCUT2D eigenvalue weighted by Crippen LogP contribution is 2.42. The largest absolute Gasteiger partial charge is 0.463 e. The standard InChI is InChI=1S/C19H16O3/c1-10-9-22-18-12-6-7-13-11(5-4-8-19(13,2)3)15(12)17(21)16(20)14(10)18/h4,6-9H,5H2,1-3H3. The van der Waals surface area contributed by atoms with E-state index in [-0.39, 0.29) is 5.41 Å². The zero-order chi connectivity index (χ0) is 15.6. The third-order valence-corrected chi connectivity index (χ3v) is 4.74. The number of Topliss-reactive ketones (excluding diaryl/α,β-unsaturated/α-hetero) is 2. The minimum atomic E-state index is -0.450. The first-order chi connectivity index (χ1) is 10.4. The van der Waals surface area contributed by atoms with Crippen LogP contribution in [-0.2, 0) is 11.8 Å². The van der Waals surface area contributed by atoms with E-state index in [1.54, 1.807) is 13.2 Å². The normalized spacial score (nSPS) is 18.0. The van der Waals surface area contributed by atoms with E-state index in [0.29, 0.717) is 23.3 Å². The van der Waals surface area contributed by atoms with Crippen LogP contribution in [0.15, 0.2) is 35.0 Å². The van der Waals surface area contributed by atoms with Crippen molar-refractivity contribution in [2.45, 2.75) is 32.6 Å². The number of rotatable bonds is 0. The van der Waals surface area contributed by atoms with Gasteiger partial charge in [0.2, 0.25) is 11.6 Å². The van der Waals surface area contributed by atoms with E-state index in [9.17, 15) is 9.59 Å². The maximum atomic E-state index is 12.7. The molecule has 1 aromatic carbocycles. The number of fused-ring (bicyclic) bond motifs is 5. The molecule has 0 unspecified atom stereocenters. The summed E-state index contributed by atoms with van der Waals surface area (Å²) in [7, 11) is 0. The fourth-order valence-electron chi connectivity index (χ4n) is 3.62. The number of carbonyl (C=O) groups excluding carboxylic acids is 2. The third kappa shape index (κ3) is 1.51. The third-order valence-electron chi connectivity index (χ3n) is 4.74. The van der Waals surface area contributed by atoms with E-state index in [0.717, 1.165) is 22.3 Å². The molecule has 1 heterocycles. The lowest BCUT2D eigenvalue weighted by Gasteiger charge is -2.30. The number of allylic oxidation sites excluding steroid dienone is 2. The highest BCUT2D eigenvalue weighted by molar-refractivity contribution is 6.53. The predicted molar refractivity (Wildman–Crippen MR) is 83.4 cm³/mol. The zero-order valence-electron chi connectivity index (χ0n) is 12.8. The molecule has 2 aliphatic rings. The Morgan fingerprint density at radius 1 is 1.09 bits per heavy atom. The first-order valence-corrected chi connectivity index (χ1v) is 7.43. The maximum Gasteiger partial charge on any atom is 0.237 e. The molecule has 0 spiro atoms. The highest BCUT2D eigenvalue weighted by atomic mass is 16.3. The van der Waals surface area contributed by atoms with Gasteiger partial charge in [0.25, 0.3) is 0 Å². The van der Waals surface area contributed by atoms with Gasteiger partial charge in [-0.2, -0.15) is 0 Å². The van der Waals surface area contributed by atoms with E-state index in [2.05, 4.69) is 32.1 Å². The van der Waals surface area contributed by atoms with Gasteiger partial charge in [-0.3, -0.25) is 9.59 Å². The van der Waals surface area contributed by atoms with Crippen LogP contribution in [0.1, 0.15) is 51.3 Å². The molecular weight excluding hydrogens is 276 g/mol. The molecule has 0 radical (unpaired) electrons. The SMILES string of the molecule is Cc1coc2c1C(=O)C(=O)c1c-2ccc2c1CC=CC2(C)C. The quantitative estimate of drug-likeness (QED) is 0.544. The average Bonchev–Trinajstić information content (AvgIpc) is 2.86. The van der Waals surface area contributed by atoms with Crippen LogP contribution in [0.5, 0.6) is 0 Å². The average molecular weight is 292 g/mol. The van der Waals surface area contributed by atoms with E-state index >= 15 is 0 Å². The van der Waals surface area contributed by atoms with Crippen molar-refractivity contribution >= 4 is 11.6 Å². The summed E-state index contributed by atoms with van der Waals surface area (Å²) in [5.74, 6) is -0.322. The van der Waals surface area contributed by atoms with Gasteiger partial charge in [0.15, 0.2) is 0 Å². The fraction of sp³-hybridized carbons (Fsp3) is 0.263. The van der Waals surface area contributed by atoms with Gasteiger partial charge in [0.1, 0.15) is 5.76 Å². The van der Waals surface area contributed by atoms with Gasteiger partial charge in [-0.05, 0) is 30.0 Å². The summed E-state index contributed by atoms with van der Waals surface area (Å²) >= 11 is 0. The van der Waals surface area contributed by atoms with E-state index in [1.807, 2.05) is 6.07 Å². The Kier molecular flexibility index (Phi) is 2.45. The summed E-state index contributed by atoms with van der Waals surface area (Å²) in [5, 5.41) is 0. The van der Waals surface area contributed by atoms with Gasteiger partial charge in [-0.15, -0.1) is 0 Å². The molecule has 0 saturated heterocycles. The number of ketones is 2. The molecule has 4 rings (SSSR count). The highest BCUT2D eigenvalue weighted by Gasteiger charge is 2.38. The van der Waals surface area contributed by atoms with Crippen molar-refractivity contribution in [2.75, 3.05) is 0 Å². The van der Waals surface area contributed by atoms with Crippen molar-refractivity contribution in [2.24, 2.45) is 0 Å². The van der Waals surface area contributed by atoms with Crippen molar-refractivity contribution in [3.63, 3.8) is 0 Å². The maximum absolute atomic E-state index is 12.7. The van der Waals surface area contributed by atoms with Gasteiger partial charge in [-0.25, -0.2) is 0 Å². The Labute approximate surface area is 128 Å². The van der Waals surface area contributed by atoms with Crippen molar-refractivity contribution in [1.82, 2.24) is 0 Å². The lowest BCUT2D eigenvalue weighted by Crippen LogP contribution is -2.27. The second-order valence-corrected chi connectivity index (χ2v) is 6.62. The monoisotopic (exact) mass is 292 g/mol. The summed E-state index contributed by atoms with van der Waals surface area (Å²) in [6, 6.07) is 3.98. The van der Waals surface area contributed by atoms with Crippen LogP contribution in [-0.4, -0.2) is 11.6 Å². The van der Waals surface area contributed by atoms with Gasteiger partial charge in [0, 0.05) is 16.5 Å². The zero-order valence-corrected chi connectivity index (χ0v) is 12.8. The van der Waals surface area contributed by atoms with Crippen molar-refractivity contribution < 1.29 is 14.0 Å². The molecule has 3 nitrogen and oxygen atoms in total. The molecule has 0 amide bonds. The lowest BCUT2D eigenvalue weighted by atomic mass is 9.72. The first-order valence-electron chi connectivity index (χ1n) is 7.43. The van der Waals surface area contributed by atoms with Crippen LogP contribution < -0.4 is 0 Å². The Hall–Kier alpha value is -2.42. The number of benzene rings is 1. The summed E-state index contributed by atoms with van der Waals surface area (Å²) in [6.45, 7) is 6.03. The molecule has 3 heteroatoms. The van der Waals surface area contributed by atoms with Crippen LogP contribution in [0.3, 0.4) is 0 Å².